The molecule has 1 heterocycles. The molecule has 1 atom stereocenters. The molecule has 3 nitrogen and oxygen atoms in total. The van der Waals surface area contributed by atoms with E-state index in [9.17, 15) is 0 Å². The highest BCUT2D eigenvalue weighted by Gasteiger charge is 2.15. The fraction of sp³-hybridized carbons (Fsp3) is 0.300. The molecule has 2 aromatic carbocycles. The Hall–Kier alpha value is -2.26. The van der Waals surface area contributed by atoms with Crippen molar-refractivity contribution in [1.82, 2.24) is 5.43 Å². The highest BCUT2D eigenvalue weighted by molar-refractivity contribution is 5.71. The zero-order valence-corrected chi connectivity index (χ0v) is 14.0. The summed E-state index contributed by atoms with van der Waals surface area (Å²) in [6.07, 6.45) is 5.30. The number of hydrogen-bond acceptors (Lipinski definition) is 3. The summed E-state index contributed by atoms with van der Waals surface area (Å²) in [5.74, 6) is 0.916. The summed E-state index contributed by atoms with van der Waals surface area (Å²) < 4.78 is 5.52. The summed E-state index contributed by atoms with van der Waals surface area (Å²) in [4.78, 5) is 0. The van der Waals surface area contributed by atoms with Crippen LogP contribution in [0, 0.1) is 0 Å². The van der Waals surface area contributed by atoms with Crippen LogP contribution in [-0.4, -0.2) is 12.6 Å². The van der Waals surface area contributed by atoms with E-state index in [4.69, 9.17) is 4.74 Å². The molecule has 0 bridgehead atoms. The van der Waals surface area contributed by atoms with E-state index < -0.39 is 0 Å². The van der Waals surface area contributed by atoms with Crippen LogP contribution in [0.15, 0.2) is 54.7 Å². The third-order valence-electron chi connectivity index (χ3n) is 4.09. The Bertz CT molecular complexity index is 691. The van der Waals surface area contributed by atoms with Crippen molar-refractivity contribution >= 4 is 5.69 Å². The first-order valence-electron chi connectivity index (χ1n) is 8.31. The van der Waals surface area contributed by atoms with Gasteiger partial charge >= 0.3 is 0 Å². The first-order valence-corrected chi connectivity index (χ1v) is 8.31. The molecule has 0 amide bonds. The molecule has 0 aromatic heterocycles. The second-order valence-electron chi connectivity index (χ2n) is 5.78. The summed E-state index contributed by atoms with van der Waals surface area (Å²) in [5, 5.41) is 2.13. The molecule has 0 radical (unpaired) electrons. The lowest BCUT2D eigenvalue weighted by Gasteiger charge is -2.22. The lowest BCUT2D eigenvalue weighted by molar-refractivity contribution is 0.340. The van der Waals surface area contributed by atoms with Gasteiger partial charge in [0.1, 0.15) is 5.75 Å². The molecular formula is C20H24N2O. The standard InChI is InChI=1S/C20H24N2O/c1-4-16-6-7-18(14-20(16)22-13-12-15(3)21-22)17-8-10-19(11-9-17)23-5-2/h6-15,21H,4-5H2,1-3H3. The number of hydrogen-bond donors (Lipinski definition) is 1. The number of ether oxygens (including phenoxy) is 1. The van der Waals surface area contributed by atoms with E-state index >= 15 is 0 Å². The van der Waals surface area contributed by atoms with Gasteiger partial charge in [-0.15, -0.1) is 0 Å². The summed E-state index contributed by atoms with van der Waals surface area (Å²) in [7, 11) is 0. The first-order chi connectivity index (χ1) is 11.2. The van der Waals surface area contributed by atoms with Gasteiger partial charge in [-0.25, -0.2) is 5.43 Å². The van der Waals surface area contributed by atoms with Crippen LogP contribution in [0.2, 0.25) is 0 Å². The van der Waals surface area contributed by atoms with Crippen LogP contribution in [0.5, 0.6) is 5.75 Å². The van der Waals surface area contributed by atoms with Crippen LogP contribution >= 0.6 is 0 Å². The Morgan fingerprint density at radius 2 is 1.78 bits per heavy atom. The normalized spacial score (nSPS) is 16.8. The molecular weight excluding hydrogens is 284 g/mol. The lowest BCUT2D eigenvalue weighted by Crippen LogP contribution is -2.34. The molecule has 0 saturated carbocycles. The molecule has 3 rings (SSSR count). The lowest BCUT2D eigenvalue weighted by atomic mass is 10.0. The highest BCUT2D eigenvalue weighted by Crippen LogP contribution is 2.30. The Morgan fingerprint density at radius 3 is 2.39 bits per heavy atom. The smallest absolute Gasteiger partial charge is 0.119 e. The maximum atomic E-state index is 5.52. The first kappa shape index (κ1) is 15.6. The number of benzene rings is 2. The quantitative estimate of drug-likeness (QED) is 0.877. The highest BCUT2D eigenvalue weighted by atomic mass is 16.5. The van der Waals surface area contributed by atoms with Crippen molar-refractivity contribution in [1.29, 1.82) is 0 Å². The third-order valence-corrected chi connectivity index (χ3v) is 4.09. The van der Waals surface area contributed by atoms with Crippen molar-refractivity contribution in [3.63, 3.8) is 0 Å². The van der Waals surface area contributed by atoms with E-state index in [1.165, 1.54) is 22.4 Å². The van der Waals surface area contributed by atoms with E-state index in [1.807, 2.05) is 19.1 Å². The van der Waals surface area contributed by atoms with E-state index in [-0.39, 0.29) is 0 Å². The molecule has 0 aliphatic carbocycles. The topological polar surface area (TPSA) is 24.5 Å². The average molecular weight is 308 g/mol. The number of nitrogens with zero attached hydrogens (tertiary/aromatic N) is 1. The number of hydrazine groups is 1. The van der Waals surface area contributed by atoms with E-state index in [0.717, 1.165) is 12.2 Å². The van der Waals surface area contributed by atoms with Crippen molar-refractivity contribution in [2.24, 2.45) is 0 Å². The van der Waals surface area contributed by atoms with Gasteiger partial charge in [-0.1, -0.05) is 31.2 Å². The van der Waals surface area contributed by atoms with E-state index in [2.05, 4.69) is 66.9 Å². The van der Waals surface area contributed by atoms with Gasteiger partial charge in [-0.05, 0) is 61.2 Å². The molecule has 23 heavy (non-hydrogen) atoms. The molecule has 1 aliphatic rings. The van der Waals surface area contributed by atoms with Crippen molar-refractivity contribution in [3.8, 4) is 16.9 Å². The van der Waals surface area contributed by atoms with Gasteiger partial charge in [-0.3, -0.25) is 5.01 Å². The SMILES string of the molecule is CCOc1ccc(-c2ccc(CC)c(N3C=CC(C)N3)c2)cc1. The van der Waals surface area contributed by atoms with Crippen molar-refractivity contribution in [3.05, 3.63) is 60.3 Å². The van der Waals surface area contributed by atoms with E-state index in [1.54, 1.807) is 0 Å². The van der Waals surface area contributed by atoms with Crippen molar-refractivity contribution in [2.45, 2.75) is 33.2 Å². The van der Waals surface area contributed by atoms with Crippen LogP contribution in [0.25, 0.3) is 11.1 Å². The van der Waals surface area contributed by atoms with E-state index in [0.29, 0.717) is 12.6 Å². The zero-order chi connectivity index (χ0) is 16.2. The second kappa shape index (κ2) is 6.88. The van der Waals surface area contributed by atoms with Crippen LogP contribution in [0.1, 0.15) is 26.3 Å². The Labute approximate surface area is 138 Å². The van der Waals surface area contributed by atoms with Crippen LogP contribution < -0.4 is 15.2 Å². The molecule has 0 fully saturated rings. The van der Waals surface area contributed by atoms with Gasteiger partial charge in [0.05, 0.1) is 12.3 Å². The summed E-state index contributed by atoms with van der Waals surface area (Å²) in [6.45, 7) is 7.04. The number of aryl methyl sites for hydroxylation is 1. The molecule has 0 spiro atoms. The predicted molar refractivity (Wildman–Crippen MR) is 96.6 cm³/mol. The molecule has 2 aromatic rings. The summed E-state index contributed by atoms with van der Waals surface area (Å²) in [6, 6.07) is 15.3. The second-order valence-corrected chi connectivity index (χ2v) is 5.78. The van der Waals surface area contributed by atoms with Gasteiger partial charge < -0.3 is 4.74 Å². The minimum Gasteiger partial charge on any atom is -0.494 e. The molecule has 1 unspecified atom stereocenters. The van der Waals surface area contributed by atoms with Gasteiger partial charge in [0.15, 0.2) is 0 Å². The number of anilines is 1. The minimum absolute atomic E-state index is 0.369. The largest absolute Gasteiger partial charge is 0.494 e. The molecule has 0 saturated heterocycles. The van der Waals surface area contributed by atoms with Crippen LogP contribution in [0.4, 0.5) is 5.69 Å². The Kier molecular flexibility index (Phi) is 4.68. The maximum Gasteiger partial charge on any atom is 0.119 e. The van der Waals surface area contributed by atoms with Gasteiger partial charge in [0.2, 0.25) is 0 Å². The third kappa shape index (κ3) is 3.40. The van der Waals surface area contributed by atoms with Gasteiger partial charge in [0, 0.05) is 12.2 Å². The monoisotopic (exact) mass is 308 g/mol. The fourth-order valence-electron chi connectivity index (χ4n) is 2.85. The predicted octanol–water partition coefficient (Wildman–Crippen LogP) is 4.54. The molecule has 1 aliphatic heterocycles. The Balaban J connectivity index is 1.92. The van der Waals surface area contributed by atoms with Crippen molar-refractivity contribution in [2.75, 3.05) is 11.6 Å². The molecule has 3 heteroatoms. The average Bonchev–Trinajstić information content (AvgIpc) is 3.02. The zero-order valence-electron chi connectivity index (χ0n) is 14.0. The maximum absolute atomic E-state index is 5.52. The number of rotatable bonds is 5. The Morgan fingerprint density at radius 1 is 1.04 bits per heavy atom. The van der Waals surface area contributed by atoms with Crippen LogP contribution in [-0.2, 0) is 6.42 Å². The minimum atomic E-state index is 0.369. The molecule has 1 N–H and O–H groups in total. The van der Waals surface area contributed by atoms with Crippen molar-refractivity contribution < 1.29 is 4.74 Å². The van der Waals surface area contributed by atoms with Gasteiger partial charge in [-0.2, -0.15) is 0 Å². The van der Waals surface area contributed by atoms with Crippen LogP contribution in [0.3, 0.4) is 0 Å². The van der Waals surface area contributed by atoms with Gasteiger partial charge in [0.25, 0.3) is 0 Å². The summed E-state index contributed by atoms with van der Waals surface area (Å²) >= 11 is 0. The summed E-state index contributed by atoms with van der Waals surface area (Å²) in [5.41, 5.74) is 8.43. The fourth-order valence-corrected chi connectivity index (χ4v) is 2.85. The molecule has 120 valence electrons. The number of nitrogens with one attached hydrogen (secondary N) is 1.